The lowest BCUT2D eigenvalue weighted by Crippen LogP contribution is -2.64. The molecule has 42 heavy (non-hydrogen) atoms. The second kappa shape index (κ2) is 19.3. The average Bonchev–Trinajstić information content (AvgIpc) is 2.79. The van der Waals surface area contributed by atoms with Gasteiger partial charge in [-0.25, -0.2) is 0 Å². The van der Waals surface area contributed by atoms with E-state index in [1.54, 1.807) is 0 Å². The van der Waals surface area contributed by atoms with Crippen molar-refractivity contribution in [1.82, 2.24) is 0 Å². The summed E-state index contributed by atoms with van der Waals surface area (Å²) in [5, 5.41) is 4.14. The van der Waals surface area contributed by atoms with Crippen molar-refractivity contribution >= 4 is 57.9 Å². The summed E-state index contributed by atoms with van der Waals surface area (Å²) >= 11 is 0. The second-order valence-electron chi connectivity index (χ2n) is 12.9. The molecule has 0 aliphatic carbocycles. The Morgan fingerprint density at radius 3 is 0.500 bits per heavy atom. The molecule has 0 radical (unpaired) electrons. The molecule has 0 atom stereocenters. The summed E-state index contributed by atoms with van der Waals surface area (Å²) in [6, 6.07) is 4.46. The molecule has 0 aliphatic heterocycles. The first-order valence-electron chi connectivity index (χ1n) is 15.8. The van der Waals surface area contributed by atoms with Crippen LogP contribution in [0.4, 0.5) is 0 Å². The third-order valence-electron chi connectivity index (χ3n) is 5.47. The van der Waals surface area contributed by atoms with Gasteiger partial charge in [0.25, 0.3) is 0 Å². The van der Waals surface area contributed by atoms with Crippen LogP contribution in [0.2, 0.25) is 0 Å². The van der Waals surface area contributed by atoms with E-state index in [0.717, 1.165) is 20.7 Å². The van der Waals surface area contributed by atoms with E-state index in [4.69, 9.17) is 35.4 Å². The Kier molecular flexibility index (Phi) is 18.3. The zero-order valence-electron chi connectivity index (χ0n) is 29.3. The van der Waals surface area contributed by atoms with Crippen LogP contribution in [0.3, 0.4) is 0 Å². The number of benzene rings is 1. The van der Waals surface area contributed by atoms with Crippen LogP contribution in [0.5, 0.6) is 0 Å². The number of hydrogen-bond donors (Lipinski definition) is 0. The van der Waals surface area contributed by atoms with Crippen molar-refractivity contribution in [3.05, 3.63) is 12.1 Å². The van der Waals surface area contributed by atoms with Gasteiger partial charge in [0.05, 0.1) is 0 Å². The molecule has 0 amide bonds. The molecule has 1 rings (SSSR count). The van der Waals surface area contributed by atoms with E-state index in [2.05, 4.69) is 123 Å². The Bertz CT molecular complexity index is 718. The Hall–Kier alpha value is -0.232. The molecule has 0 aromatic heterocycles. The standard InChI is InChI=1S/C30H62O8Si4/c1-19(2)31-39(32-20(3)4)27-17-29(41(35-23(9)10)36-24(11)12)30(42(37-25(13)14)38-26(15)16)18-28(27)40(33-21(5)6)34-22(7)8/h17-26,39-42H,1-16H3. The van der Waals surface area contributed by atoms with E-state index in [9.17, 15) is 0 Å². The van der Waals surface area contributed by atoms with E-state index in [-0.39, 0.29) is 48.8 Å². The minimum atomic E-state index is -2.42. The van der Waals surface area contributed by atoms with Crippen LogP contribution in [0, 0.1) is 0 Å². The highest BCUT2D eigenvalue weighted by Crippen LogP contribution is 2.09. The Labute approximate surface area is 264 Å². The van der Waals surface area contributed by atoms with Gasteiger partial charge >= 0.3 is 37.1 Å². The molecule has 0 unspecified atom stereocenters. The van der Waals surface area contributed by atoms with Gasteiger partial charge in [-0.05, 0) is 132 Å². The normalized spacial score (nSPS) is 13.2. The van der Waals surface area contributed by atoms with Crippen LogP contribution < -0.4 is 20.7 Å². The lowest BCUT2D eigenvalue weighted by molar-refractivity contribution is 0.134. The molecule has 0 bridgehead atoms. The summed E-state index contributed by atoms with van der Waals surface area (Å²) in [7, 11) is -9.70. The van der Waals surface area contributed by atoms with Crippen LogP contribution >= 0.6 is 0 Å². The molecule has 0 saturated heterocycles. The molecule has 1 aromatic carbocycles. The van der Waals surface area contributed by atoms with Crippen molar-refractivity contribution in [2.75, 3.05) is 0 Å². The molecule has 0 aliphatic rings. The summed E-state index contributed by atoms with van der Waals surface area (Å²) in [6.07, 6.45) is -0.0290. The van der Waals surface area contributed by atoms with Gasteiger partial charge in [0.1, 0.15) is 0 Å². The van der Waals surface area contributed by atoms with E-state index in [1.807, 2.05) is 0 Å². The zero-order valence-corrected chi connectivity index (χ0v) is 34.0. The Morgan fingerprint density at radius 1 is 0.286 bits per heavy atom. The Morgan fingerprint density at radius 2 is 0.405 bits per heavy atom. The molecule has 0 fully saturated rings. The second-order valence-corrected chi connectivity index (χ2v) is 20.2. The van der Waals surface area contributed by atoms with Crippen LogP contribution in [-0.2, 0) is 35.4 Å². The van der Waals surface area contributed by atoms with Gasteiger partial charge in [-0.2, -0.15) is 0 Å². The molecular formula is C30H62O8Si4. The highest BCUT2D eigenvalue weighted by Gasteiger charge is 2.37. The summed E-state index contributed by atoms with van der Waals surface area (Å²) in [6.45, 7) is 32.9. The van der Waals surface area contributed by atoms with E-state index < -0.39 is 37.1 Å². The maximum Gasteiger partial charge on any atom is 0.356 e. The van der Waals surface area contributed by atoms with Crippen molar-refractivity contribution in [2.45, 2.75) is 160 Å². The van der Waals surface area contributed by atoms with Crippen molar-refractivity contribution in [3.8, 4) is 0 Å². The van der Waals surface area contributed by atoms with Gasteiger partial charge in [-0.15, -0.1) is 0 Å². The maximum atomic E-state index is 6.58. The third-order valence-corrected chi connectivity index (χ3v) is 16.5. The minimum absolute atomic E-state index is 0.00362. The van der Waals surface area contributed by atoms with Gasteiger partial charge in [-0.1, -0.05) is 12.1 Å². The van der Waals surface area contributed by atoms with Gasteiger partial charge in [0, 0.05) is 48.8 Å². The lowest BCUT2D eigenvalue weighted by atomic mass is 10.3. The first kappa shape index (κ1) is 39.8. The van der Waals surface area contributed by atoms with E-state index >= 15 is 0 Å². The lowest BCUT2D eigenvalue weighted by Gasteiger charge is -2.32. The number of hydrogen-bond acceptors (Lipinski definition) is 8. The monoisotopic (exact) mass is 662 g/mol. The molecule has 1 aromatic rings. The quantitative estimate of drug-likeness (QED) is 0.198. The minimum Gasteiger partial charge on any atom is -0.391 e. The molecule has 0 N–H and O–H groups in total. The highest BCUT2D eigenvalue weighted by atomic mass is 28.3. The molecule has 0 heterocycles. The van der Waals surface area contributed by atoms with Gasteiger partial charge in [-0.3, -0.25) is 0 Å². The molecule has 12 heteroatoms. The van der Waals surface area contributed by atoms with Crippen LogP contribution in [0.25, 0.3) is 0 Å². The fourth-order valence-electron chi connectivity index (χ4n) is 4.18. The van der Waals surface area contributed by atoms with Gasteiger partial charge < -0.3 is 35.4 Å². The number of rotatable bonds is 20. The van der Waals surface area contributed by atoms with Gasteiger partial charge in [0.15, 0.2) is 0 Å². The summed E-state index contributed by atoms with van der Waals surface area (Å²) < 4.78 is 52.7. The van der Waals surface area contributed by atoms with Crippen LogP contribution in [-0.4, -0.2) is 86.0 Å². The fraction of sp³-hybridized carbons (Fsp3) is 0.800. The molecule has 246 valence electrons. The van der Waals surface area contributed by atoms with Crippen molar-refractivity contribution in [2.24, 2.45) is 0 Å². The smallest absolute Gasteiger partial charge is 0.356 e. The predicted octanol–water partition coefficient (Wildman–Crippen LogP) is 2.80. The summed E-state index contributed by atoms with van der Waals surface area (Å²) in [4.78, 5) is 0. The predicted molar refractivity (Wildman–Crippen MR) is 183 cm³/mol. The van der Waals surface area contributed by atoms with Crippen molar-refractivity contribution in [3.63, 3.8) is 0 Å². The molecular weight excluding hydrogens is 601 g/mol. The summed E-state index contributed by atoms with van der Waals surface area (Å²) in [5.41, 5.74) is 0. The van der Waals surface area contributed by atoms with Crippen LogP contribution in [0.15, 0.2) is 12.1 Å². The SMILES string of the molecule is CC(C)O[SiH](OC(C)C)c1cc([SiH](OC(C)C)OC(C)C)c([SiH](OC(C)C)OC(C)C)cc1[SiH](OC(C)C)OC(C)C. The molecule has 0 saturated carbocycles. The average molecular weight is 663 g/mol. The molecule has 0 spiro atoms. The van der Waals surface area contributed by atoms with Crippen molar-refractivity contribution in [1.29, 1.82) is 0 Å². The van der Waals surface area contributed by atoms with E-state index in [0.29, 0.717) is 0 Å². The van der Waals surface area contributed by atoms with E-state index in [1.165, 1.54) is 0 Å². The third kappa shape index (κ3) is 14.7. The molecule has 8 nitrogen and oxygen atoms in total. The van der Waals surface area contributed by atoms with Crippen LogP contribution in [0.1, 0.15) is 111 Å². The van der Waals surface area contributed by atoms with Gasteiger partial charge in [0.2, 0.25) is 0 Å². The highest BCUT2D eigenvalue weighted by molar-refractivity contribution is 6.79. The van der Waals surface area contributed by atoms with Crippen molar-refractivity contribution < 1.29 is 35.4 Å². The maximum absolute atomic E-state index is 6.58. The first-order chi connectivity index (χ1) is 19.4. The fourth-order valence-corrected chi connectivity index (χ4v) is 14.3. The summed E-state index contributed by atoms with van der Waals surface area (Å²) in [5.74, 6) is 0. The first-order valence-corrected chi connectivity index (χ1v) is 21.9. The zero-order chi connectivity index (χ0) is 32.3. The topological polar surface area (TPSA) is 73.8 Å². The Balaban J connectivity index is 4.27. The largest absolute Gasteiger partial charge is 0.391 e.